The molecule has 1 N–H and O–H groups in total. The first-order valence-corrected chi connectivity index (χ1v) is 15.4. The Morgan fingerprint density at radius 2 is 0.619 bits per heavy atom. The van der Waals surface area contributed by atoms with Crippen molar-refractivity contribution in [1.29, 1.82) is 0 Å². The van der Waals surface area contributed by atoms with Crippen LogP contribution in [0.4, 0.5) is 0 Å². The summed E-state index contributed by atoms with van der Waals surface area (Å²) < 4.78 is 64.1. The molecule has 14 nitrogen and oxygen atoms in total. The molecule has 0 aliphatic carbocycles. The Kier molecular flexibility index (Phi) is 36.2. The van der Waals surface area contributed by atoms with Gasteiger partial charge in [-0.2, -0.15) is 0 Å². The maximum atomic E-state index is 11.2. The molecule has 0 heterocycles. The monoisotopic (exact) mass is 680 g/mol. The molecule has 15 heteroatoms. The van der Waals surface area contributed by atoms with E-state index in [2.05, 4.69) is 15.9 Å². The lowest BCUT2D eigenvalue weighted by Crippen LogP contribution is -2.18. The van der Waals surface area contributed by atoms with Crippen LogP contribution in [-0.4, -0.2) is 174 Å². The number of ether oxygens (including phenoxy) is 12. The van der Waals surface area contributed by atoms with Gasteiger partial charge in [0.1, 0.15) is 11.4 Å². The van der Waals surface area contributed by atoms with Gasteiger partial charge in [-0.1, -0.05) is 15.9 Å². The van der Waals surface area contributed by atoms with E-state index in [0.29, 0.717) is 145 Å². The van der Waals surface area contributed by atoms with Crippen molar-refractivity contribution >= 4 is 21.9 Å². The van der Waals surface area contributed by atoms with Crippen molar-refractivity contribution in [1.82, 2.24) is 0 Å². The second kappa shape index (κ2) is 36.7. The fourth-order valence-electron chi connectivity index (χ4n) is 2.68. The summed E-state index contributed by atoms with van der Waals surface area (Å²) in [6.07, 6.45) is 0. The van der Waals surface area contributed by atoms with Crippen molar-refractivity contribution in [3.8, 4) is 0 Å². The molecule has 0 aliphatic rings. The lowest BCUT2D eigenvalue weighted by molar-refractivity contribution is -0.144. The molecule has 0 aromatic rings. The van der Waals surface area contributed by atoms with Crippen molar-refractivity contribution in [3.05, 3.63) is 0 Å². The Hall–Kier alpha value is -0.530. The number of halogens is 1. The average molecular weight is 682 g/mol. The third kappa shape index (κ3) is 35.7. The Balaban J connectivity index is 3.06. The van der Waals surface area contributed by atoms with Gasteiger partial charge in [-0.25, -0.2) is 0 Å². The first-order chi connectivity index (χ1) is 20.7. The van der Waals surface area contributed by atoms with Crippen LogP contribution in [0.25, 0.3) is 0 Å². The topological polar surface area (TPSA) is 148 Å². The summed E-state index contributed by atoms with van der Waals surface area (Å²) in [6, 6.07) is 0. The zero-order valence-corrected chi connectivity index (χ0v) is 26.8. The fraction of sp³-hybridized carbons (Fsp3) is 0.963. The minimum atomic E-state index is -0.313. The van der Waals surface area contributed by atoms with E-state index in [9.17, 15) is 4.79 Å². The quantitative estimate of drug-likeness (QED) is 0.0556. The van der Waals surface area contributed by atoms with Crippen LogP contribution < -0.4 is 0 Å². The van der Waals surface area contributed by atoms with Crippen molar-refractivity contribution in [2.45, 2.75) is 11.8 Å². The molecule has 1 unspecified atom stereocenters. The fourth-order valence-corrected chi connectivity index (χ4v) is 2.81. The van der Waals surface area contributed by atoms with Gasteiger partial charge < -0.3 is 61.9 Å². The maximum Gasteiger partial charge on any atom is 0.319 e. The molecule has 1 atom stereocenters. The van der Waals surface area contributed by atoms with E-state index in [4.69, 9.17) is 61.9 Å². The molecule has 0 aromatic carbocycles. The zero-order chi connectivity index (χ0) is 30.6. The summed E-state index contributed by atoms with van der Waals surface area (Å²) >= 11 is 3.14. The molecule has 0 saturated carbocycles. The first kappa shape index (κ1) is 41.5. The number of hydrogen-bond donors (Lipinski definition) is 1. The Bertz CT molecular complexity index is 533. The van der Waals surface area contributed by atoms with Gasteiger partial charge in [-0.05, 0) is 6.92 Å². The second-order valence-corrected chi connectivity index (χ2v) is 9.62. The molecule has 0 radical (unpaired) electrons. The highest BCUT2D eigenvalue weighted by Gasteiger charge is 2.08. The molecule has 0 spiro atoms. The van der Waals surface area contributed by atoms with Crippen LogP contribution in [-0.2, 0) is 61.6 Å². The molecule has 0 aliphatic heterocycles. The number of alkyl halides is 1. The molecule has 252 valence electrons. The Labute approximate surface area is 258 Å². The summed E-state index contributed by atoms with van der Waals surface area (Å²) in [4.78, 5) is 10.9. The van der Waals surface area contributed by atoms with E-state index >= 15 is 0 Å². The zero-order valence-electron chi connectivity index (χ0n) is 25.2. The predicted molar refractivity (Wildman–Crippen MR) is 155 cm³/mol. The molecule has 0 aromatic heterocycles. The molecule has 0 amide bonds. The van der Waals surface area contributed by atoms with E-state index in [-0.39, 0.29) is 24.0 Å². The summed E-state index contributed by atoms with van der Waals surface area (Å²) in [5.41, 5.74) is 0. The molecule has 0 saturated heterocycles. The lowest BCUT2D eigenvalue weighted by atomic mass is 10.5. The Morgan fingerprint density at radius 3 is 0.810 bits per heavy atom. The Morgan fingerprint density at radius 1 is 0.429 bits per heavy atom. The number of aliphatic hydroxyl groups excluding tert-OH is 1. The van der Waals surface area contributed by atoms with Crippen LogP contribution in [0.1, 0.15) is 6.92 Å². The molecule has 0 bridgehead atoms. The number of carbonyl (C=O) groups is 1. The number of rotatable bonds is 36. The van der Waals surface area contributed by atoms with E-state index < -0.39 is 0 Å². The summed E-state index contributed by atoms with van der Waals surface area (Å²) in [5.74, 6) is -0.303. The van der Waals surface area contributed by atoms with Crippen LogP contribution in [0.2, 0.25) is 0 Å². The van der Waals surface area contributed by atoms with Crippen molar-refractivity contribution in [2.24, 2.45) is 0 Å². The van der Waals surface area contributed by atoms with E-state index in [1.54, 1.807) is 6.92 Å². The highest BCUT2D eigenvalue weighted by molar-refractivity contribution is 9.10. The largest absolute Gasteiger partial charge is 0.462 e. The van der Waals surface area contributed by atoms with Crippen LogP contribution >= 0.6 is 15.9 Å². The van der Waals surface area contributed by atoms with E-state index in [1.807, 2.05) is 0 Å². The van der Waals surface area contributed by atoms with Gasteiger partial charge in [0.2, 0.25) is 0 Å². The first-order valence-electron chi connectivity index (χ1n) is 14.4. The minimum absolute atomic E-state index is 0.0223. The van der Waals surface area contributed by atoms with E-state index in [1.165, 1.54) is 0 Å². The van der Waals surface area contributed by atoms with Gasteiger partial charge in [-0.3, -0.25) is 4.79 Å². The van der Waals surface area contributed by atoms with Gasteiger partial charge in [0.25, 0.3) is 0 Å². The lowest BCUT2D eigenvalue weighted by Gasteiger charge is -2.09. The molecule has 42 heavy (non-hydrogen) atoms. The van der Waals surface area contributed by atoms with Crippen LogP contribution in [0.15, 0.2) is 0 Å². The molecule has 0 rings (SSSR count). The highest BCUT2D eigenvalue weighted by atomic mass is 79.9. The van der Waals surface area contributed by atoms with Crippen LogP contribution in [0.5, 0.6) is 0 Å². The van der Waals surface area contributed by atoms with Gasteiger partial charge in [0, 0.05) is 0 Å². The number of hydrogen-bond acceptors (Lipinski definition) is 14. The van der Waals surface area contributed by atoms with Crippen molar-refractivity contribution in [3.63, 3.8) is 0 Å². The van der Waals surface area contributed by atoms with Gasteiger partial charge in [-0.15, -0.1) is 0 Å². The SMILES string of the molecule is CC(Br)C(=O)OCCOCCOCCOCCOCCOCCOCCOCCOCCOCCOCCOCCO. The smallest absolute Gasteiger partial charge is 0.319 e. The number of esters is 1. The van der Waals surface area contributed by atoms with Gasteiger partial charge >= 0.3 is 5.97 Å². The highest BCUT2D eigenvalue weighted by Crippen LogP contribution is 1.99. The summed E-state index contributed by atoms with van der Waals surface area (Å²) in [6.45, 7) is 12.4. The molecule has 0 fully saturated rings. The van der Waals surface area contributed by atoms with E-state index in [0.717, 1.165) is 0 Å². The number of aliphatic hydroxyl groups is 1. The van der Waals surface area contributed by atoms with Crippen molar-refractivity contribution in [2.75, 3.05) is 159 Å². The molecular weight excluding hydrogens is 628 g/mol. The van der Waals surface area contributed by atoms with Gasteiger partial charge in [0.05, 0.1) is 152 Å². The average Bonchev–Trinajstić information content (AvgIpc) is 2.99. The molecular formula is C27H53BrO14. The van der Waals surface area contributed by atoms with Crippen LogP contribution in [0, 0.1) is 0 Å². The normalized spacial score (nSPS) is 12.2. The third-order valence-electron chi connectivity index (χ3n) is 4.75. The summed E-state index contributed by atoms with van der Waals surface area (Å²) in [7, 11) is 0. The third-order valence-corrected chi connectivity index (χ3v) is 5.13. The van der Waals surface area contributed by atoms with Crippen LogP contribution in [0.3, 0.4) is 0 Å². The summed E-state index contributed by atoms with van der Waals surface area (Å²) in [5, 5.41) is 8.57. The maximum absolute atomic E-state index is 11.2. The predicted octanol–water partition coefficient (Wildman–Crippen LogP) is 0.488. The number of carbonyl (C=O) groups excluding carboxylic acids is 1. The standard InChI is InChI=1S/C27H53BrO14/c1-26(28)27(30)42-25-24-41-23-22-40-21-20-39-19-18-38-17-16-37-15-14-36-13-12-35-11-10-34-9-8-33-7-6-32-5-4-31-3-2-29/h26,29H,2-25H2,1H3. The van der Waals surface area contributed by atoms with Crippen molar-refractivity contribution < 1.29 is 66.7 Å². The minimum Gasteiger partial charge on any atom is -0.462 e. The van der Waals surface area contributed by atoms with Gasteiger partial charge in [0.15, 0.2) is 0 Å². The second-order valence-electron chi connectivity index (χ2n) is 8.24.